The Balaban J connectivity index is 1.81. The van der Waals surface area contributed by atoms with Crippen LogP contribution in [0.15, 0.2) is 66.2 Å². The molecule has 0 saturated heterocycles. The fraction of sp³-hybridized carbons (Fsp3) is 0.100. The minimum absolute atomic E-state index is 0.356. The lowest BCUT2D eigenvalue weighted by molar-refractivity contribution is 0.412. The molecule has 0 unspecified atom stereocenters. The molecule has 142 valence electrons. The van der Waals surface area contributed by atoms with Crippen LogP contribution in [-0.4, -0.2) is 26.6 Å². The summed E-state index contributed by atoms with van der Waals surface area (Å²) < 4.78 is 21.1. The first-order valence-electron chi connectivity index (χ1n) is 8.44. The topological polar surface area (TPSA) is 55.7 Å². The summed E-state index contributed by atoms with van der Waals surface area (Å²) in [6.45, 7) is 0. The zero-order chi connectivity index (χ0) is 19.5. The number of thioether (sulfide) groups is 1. The monoisotopic (exact) mass is 414 g/mol. The van der Waals surface area contributed by atoms with Crippen molar-refractivity contribution in [1.82, 2.24) is 19.5 Å². The third-order valence-electron chi connectivity index (χ3n) is 4.15. The third-order valence-corrected chi connectivity index (χ3v) is 5.36. The van der Waals surface area contributed by atoms with Gasteiger partial charge in [0.2, 0.25) is 0 Å². The van der Waals surface area contributed by atoms with Crippen LogP contribution < -0.4 is 4.74 Å². The molecule has 0 bridgehead atoms. The molecule has 28 heavy (non-hydrogen) atoms. The lowest BCUT2D eigenvalue weighted by Gasteiger charge is -2.14. The van der Waals surface area contributed by atoms with E-state index in [0.29, 0.717) is 16.5 Å². The molecule has 4 aromatic rings. The first kappa shape index (κ1) is 18.6. The Labute approximate surface area is 170 Å². The van der Waals surface area contributed by atoms with Crippen molar-refractivity contribution < 1.29 is 9.13 Å². The van der Waals surface area contributed by atoms with E-state index in [9.17, 15) is 4.39 Å². The van der Waals surface area contributed by atoms with Crippen molar-refractivity contribution in [3.8, 4) is 22.7 Å². The van der Waals surface area contributed by atoms with Crippen LogP contribution in [0, 0.1) is 5.82 Å². The predicted octanol–water partition coefficient (Wildman–Crippen LogP) is 5.36. The number of ether oxygens (including phenoxy) is 1. The van der Waals surface area contributed by atoms with Crippen molar-refractivity contribution in [2.45, 2.75) is 10.9 Å². The van der Waals surface area contributed by atoms with Crippen molar-refractivity contribution in [1.29, 1.82) is 0 Å². The smallest absolute Gasteiger partial charge is 0.173 e. The molecular weight excluding hydrogens is 399 g/mol. The fourth-order valence-corrected chi connectivity index (χ4v) is 3.86. The SMILES string of the molecule is COc1cc(F)ccc1-c1cnc(SCc2ncc[nH]2)n1-c1ccc(Cl)cc1. The van der Waals surface area contributed by atoms with Crippen LogP contribution in [-0.2, 0) is 5.75 Å². The van der Waals surface area contributed by atoms with Crippen molar-refractivity contribution in [2.75, 3.05) is 7.11 Å². The summed E-state index contributed by atoms with van der Waals surface area (Å²) in [6.07, 6.45) is 5.27. The maximum atomic E-state index is 13.7. The van der Waals surface area contributed by atoms with Gasteiger partial charge >= 0.3 is 0 Å². The predicted molar refractivity (Wildman–Crippen MR) is 109 cm³/mol. The Morgan fingerprint density at radius 1 is 1.18 bits per heavy atom. The van der Waals surface area contributed by atoms with Gasteiger partial charge in [0.15, 0.2) is 5.16 Å². The molecule has 2 aromatic heterocycles. The van der Waals surface area contributed by atoms with Crippen LogP contribution in [0.1, 0.15) is 5.82 Å². The minimum atomic E-state index is -0.356. The van der Waals surface area contributed by atoms with E-state index < -0.39 is 0 Å². The Morgan fingerprint density at radius 3 is 2.71 bits per heavy atom. The van der Waals surface area contributed by atoms with E-state index >= 15 is 0 Å². The molecule has 0 amide bonds. The van der Waals surface area contributed by atoms with Gasteiger partial charge in [-0.25, -0.2) is 14.4 Å². The van der Waals surface area contributed by atoms with E-state index in [0.717, 1.165) is 27.9 Å². The zero-order valence-corrected chi connectivity index (χ0v) is 16.5. The molecule has 0 aliphatic carbocycles. The summed E-state index contributed by atoms with van der Waals surface area (Å²) in [5.74, 6) is 1.58. The molecule has 1 N–H and O–H groups in total. The maximum Gasteiger partial charge on any atom is 0.173 e. The van der Waals surface area contributed by atoms with Crippen molar-refractivity contribution in [3.63, 3.8) is 0 Å². The average molecular weight is 415 g/mol. The van der Waals surface area contributed by atoms with Gasteiger partial charge < -0.3 is 9.72 Å². The molecule has 0 saturated carbocycles. The van der Waals surface area contributed by atoms with E-state index in [-0.39, 0.29) is 5.82 Å². The summed E-state index contributed by atoms with van der Waals surface area (Å²) in [5, 5.41) is 1.43. The minimum Gasteiger partial charge on any atom is -0.496 e. The zero-order valence-electron chi connectivity index (χ0n) is 14.9. The number of halogens is 2. The summed E-state index contributed by atoms with van der Waals surface area (Å²) >= 11 is 7.61. The number of hydrogen-bond donors (Lipinski definition) is 1. The molecule has 8 heteroatoms. The van der Waals surface area contributed by atoms with Crippen LogP contribution in [0.5, 0.6) is 5.75 Å². The van der Waals surface area contributed by atoms with Gasteiger partial charge in [-0.05, 0) is 36.4 Å². The van der Waals surface area contributed by atoms with Crippen LogP contribution in [0.25, 0.3) is 16.9 Å². The molecule has 5 nitrogen and oxygen atoms in total. The standard InChI is InChI=1S/C20H16ClFN4OS/c1-27-18-10-14(22)4-7-16(18)17-11-25-20(28-12-19-23-8-9-24-19)26(17)15-5-2-13(21)3-6-15/h2-11H,12H2,1H3,(H,23,24). The molecule has 2 heterocycles. The van der Waals surface area contributed by atoms with Gasteiger partial charge in [-0.1, -0.05) is 23.4 Å². The van der Waals surface area contributed by atoms with Crippen LogP contribution in [0.3, 0.4) is 0 Å². The highest BCUT2D eigenvalue weighted by molar-refractivity contribution is 7.98. The van der Waals surface area contributed by atoms with Gasteiger partial charge in [0.1, 0.15) is 17.4 Å². The van der Waals surface area contributed by atoms with Crippen molar-refractivity contribution in [2.24, 2.45) is 0 Å². The second kappa shape index (κ2) is 8.08. The molecule has 0 radical (unpaired) electrons. The molecule has 0 spiro atoms. The molecule has 0 aliphatic rings. The molecular formula is C20H16ClFN4OS. The first-order valence-corrected chi connectivity index (χ1v) is 9.80. The molecule has 0 fully saturated rings. The second-order valence-electron chi connectivity index (χ2n) is 5.91. The number of aromatic amines is 1. The van der Waals surface area contributed by atoms with Gasteiger partial charge in [0, 0.05) is 34.7 Å². The summed E-state index contributed by atoms with van der Waals surface area (Å²) in [4.78, 5) is 11.9. The van der Waals surface area contributed by atoms with Gasteiger partial charge in [-0.2, -0.15) is 0 Å². The normalized spacial score (nSPS) is 11.0. The molecule has 2 aromatic carbocycles. The number of nitrogens with zero attached hydrogens (tertiary/aromatic N) is 3. The third kappa shape index (κ3) is 3.76. The Hall–Kier alpha value is -2.77. The molecule has 4 rings (SSSR count). The van der Waals surface area contributed by atoms with Gasteiger partial charge in [-0.3, -0.25) is 4.57 Å². The van der Waals surface area contributed by atoms with E-state index in [1.807, 2.05) is 28.8 Å². The number of H-pyrrole nitrogens is 1. The Morgan fingerprint density at radius 2 is 2.00 bits per heavy atom. The number of imidazole rings is 2. The van der Waals surface area contributed by atoms with Gasteiger partial charge in [-0.15, -0.1) is 0 Å². The largest absolute Gasteiger partial charge is 0.496 e. The number of methoxy groups -OCH3 is 1. The molecule has 0 aliphatic heterocycles. The number of aromatic nitrogens is 4. The Bertz CT molecular complexity index is 1080. The van der Waals surface area contributed by atoms with Crippen LogP contribution in [0.2, 0.25) is 5.02 Å². The molecule has 0 atom stereocenters. The highest BCUT2D eigenvalue weighted by Gasteiger charge is 2.18. The lowest BCUT2D eigenvalue weighted by atomic mass is 10.1. The summed E-state index contributed by atoms with van der Waals surface area (Å²) in [6, 6.07) is 11.9. The average Bonchev–Trinajstić information content (AvgIpc) is 3.36. The van der Waals surface area contributed by atoms with E-state index in [2.05, 4.69) is 15.0 Å². The van der Waals surface area contributed by atoms with E-state index in [1.54, 1.807) is 36.4 Å². The summed E-state index contributed by atoms with van der Waals surface area (Å²) in [7, 11) is 1.52. The van der Waals surface area contributed by atoms with E-state index in [1.165, 1.54) is 19.2 Å². The quantitative estimate of drug-likeness (QED) is 0.432. The number of rotatable bonds is 6. The maximum absolute atomic E-state index is 13.7. The van der Waals surface area contributed by atoms with Crippen molar-refractivity contribution in [3.05, 3.63) is 77.7 Å². The fourth-order valence-electron chi connectivity index (χ4n) is 2.85. The van der Waals surface area contributed by atoms with Crippen LogP contribution >= 0.6 is 23.4 Å². The van der Waals surface area contributed by atoms with Gasteiger partial charge in [0.25, 0.3) is 0 Å². The summed E-state index contributed by atoms with van der Waals surface area (Å²) in [5.41, 5.74) is 2.43. The number of benzene rings is 2. The van der Waals surface area contributed by atoms with Gasteiger partial charge in [0.05, 0.1) is 24.8 Å². The number of nitrogens with one attached hydrogen (secondary N) is 1. The highest BCUT2D eigenvalue weighted by Crippen LogP contribution is 2.36. The van der Waals surface area contributed by atoms with Crippen molar-refractivity contribution >= 4 is 23.4 Å². The lowest BCUT2D eigenvalue weighted by Crippen LogP contribution is -2.01. The van der Waals surface area contributed by atoms with E-state index in [4.69, 9.17) is 16.3 Å². The number of hydrogen-bond acceptors (Lipinski definition) is 4. The highest BCUT2D eigenvalue weighted by atomic mass is 35.5. The van der Waals surface area contributed by atoms with Crippen LogP contribution in [0.4, 0.5) is 4.39 Å². The second-order valence-corrected chi connectivity index (χ2v) is 7.29. The Kier molecular flexibility index (Phi) is 5.36. The first-order chi connectivity index (χ1) is 13.7.